The smallest absolute Gasteiger partial charge is 0.303 e. The average molecular weight is 199 g/mol. The lowest BCUT2D eigenvalue weighted by Crippen LogP contribution is -2.50. The third-order valence-corrected chi connectivity index (χ3v) is 3.07. The topological polar surface area (TPSA) is 49.8 Å². The van der Waals surface area contributed by atoms with Crippen LogP contribution in [0.25, 0.3) is 0 Å². The maximum absolute atomic E-state index is 10.6. The van der Waals surface area contributed by atoms with Crippen molar-refractivity contribution in [1.29, 1.82) is 0 Å². The van der Waals surface area contributed by atoms with Crippen LogP contribution in [0.2, 0.25) is 0 Å². The molecule has 2 unspecified atom stereocenters. The number of carboxylic acid groups (broad SMARTS) is 1. The van der Waals surface area contributed by atoms with Crippen LogP contribution in [-0.2, 0) is 9.53 Å². The monoisotopic (exact) mass is 199 g/mol. The van der Waals surface area contributed by atoms with E-state index >= 15 is 0 Å². The van der Waals surface area contributed by atoms with E-state index < -0.39 is 5.97 Å². The Labute approximate surface area is 83.8 Å². The standard InChI is InChI=1S/C10H17NO3/c1-11-5-8-2-7(4-10(12)13)3-9(6-11)14-8/h7-9H,2-6H2,1H3,(H,12,13). The first-order chi connectivity index (χ1) is 6.63. The van der Waals surface area contributed by atoms with Gasteiger partial charge in [0, 0.05) is 19.5 Å². The number of aliphatic carboxylic acids is 1. The summed E-state index contributed by atoms with van der Waals surface area (Å²) < 4.78 is 5.77. The van der Waals surface area contributed by atoms with Crippen LogP contribution in [-0.4, -0.2) is 48.3 Å². The molecule has 2 heterocycles. The number of hydrogen-bond acceptors (Lipinski definition) is 3. The number of likely N-dealkylation sites (tertiary alicyclic amines) is 1. The molecular formula is C10H17NO3. The van der Waals surface area contributed by atoms with Gasteiger partial charge in [0.1, 0.15) is 0 Å². The largest absolute Gasteiger partial charge is 0.481 e. The molecule has 0 aromatic heterocycles. The van der Waals surface area contributed by atoms with E-state index in [2.05, 4.69) is 11.9 Å². The van der Waals surface area contributed by atoms with Gasteiger partial charge in [0.15, 0.2) is 0 Å². The number of nitrogens with zero attached hydrogens (tertiary/aromatic N) is 1. The Hall–Kier alpha value is -0.610. The van der Waals surface area contributed by atoms with Crippen molar-refractivity contribution in [3.63, 3.8) is 0 Å². The normalized spacial score (nSPS) is 38.2. The van der Waals surface area contributed by atoms with E-state index in [-0.39, 0.29) is 12.2 Å². The summed E-state index contributed by atoms with van der Waals surface area (Å²) in [5, 5.41) is 8.73. The van der Waals surface area contributed by atoms with Gasteiger partial charge in [-0.15, -0.1) is 0 Å². The van der Waals surface area contributed by atoms with E-state index in [1.807, 2.05) is 0 Å². The maximum Gasteiger partial charge on any atom is 0.303 e. The second-order valence-electron chi connectivity index (χ2n) is 4.54. The van der Waals surface area contributed by atoms with Crippen molar-refractivity contribution >= 4 is 5.97 Å². The van der Waals surface area contributed by atoms with Gasteiger partial charge in [-0.3, -0.25) is 4.79 Å². The Morgan fingerprint density at radius 1 is 1.43 bits per heavy atom. The zero-order chi connectivity index (χ0) is 10.1. The highest BCUT2D eigenvalue weighted by atomic mass is 16.5. The number of hydrogen-bond donors (Lipinski definition) is 1. The van der Waals surface area contributed by atoms with Gasteiger partial charge in [0.25, 0.3) is 0 Å². The van der Waals surface area contributed by atoms with Crippen molar-refractivity contribution in [2.24, 2.45) is 5.92 Å². The van der Waals surface area contributed by atoms with Gasteiger partial charge in [-0.2, -0.15) is 0 Å². The Kier molecular flexibility index (Phi) is 2.74. The molecule has 0 radical (unpaired) electrons. The molecule has 0 aromatic rings. The first-order valence-electron chi connectivity index (χ1n) is 5.19. The molecule has 4 nitrogen and oxygen atoms in total. The molecule has 14 heavy (non-hydrogen) atoms. The molecule has 2 aliphatic heterocycles. The third-order valence-electron chi connectivity index (χ3n) is 3.07. The molecule has 4 heteroatoms. The van der Waals surface area contributed by atoms with Crippen molar-refractivity contribution in [3.8, 4) is 0 Å². The van der Waals surface area contributed by atoms with Crippen LogP contribution in [0.4, 0.5) is 0 Å². The summed E-state index contributed by atoms with van der Waals surface area (Å²) in [6.07, 6.45) is 2.65. The van der Waals surface area contributed by atoms with Crippen molar-refractivity contribution in [2.45, 2.75) is 31.5 Å². The summed E-state index contributed by atoms with van der Waals surface area (Å²) in [4.78, 5) is 12.9. The van der Waals surface area contributed by atoms with Crippen LogP contribution < -0.4 is 0 Å². The first kappa shape index (κ1) is 9.93. The average Bonchev–Trinajstić information content (AvgIpc) is 1.99. The first-order valence-corrected chi connectivity index (χ1v) is 5.19. The van der Waals surface area contributed by atoms with Crippen LogP contribution in [0.5, 0.6) is 0 Å². The lowest BCUT2D eigenvalue weighted by Gasteiger charge is -2.42. The lowest BCUT2D eigenvalue weighted by atomic mass is 9.87. The van der Waals surface area contributed by atoms with E-state index in [9.17, 15) is 4.79 Å². The summed E-state index contributed by atoms with van der Waals surface area (Å²) in [7, 11) is 2.10. The van der Waals surface area contributed by atoms with Crippen molar-refractivity contribution < 1.29 is 14.6 Å². The fourth-order valence-electron chi connectivity index (χ4n) is 2.64. The number of rotatable bonds is 2. The van der Waals surface area contributed by atoms with Gasteiger partial charge in [-0.05, 0) is 25.8 Å². The summed E-state index contributed by atoms with van der Waals surface area (Å²) in [6.45, 7) is 1.90. The molecule has 2 bridgehead atoms. The third kappa shape index (κ3) is 2.25. The maximum atomic E-state index is 10.6. The molecule has 1 N–H and O–H groups in total. The number of morpholine rings is 1. The molecule has 2 atom stereocenters. The summed E-state index contributed by atoms with van der Waals surface area (Å²) >= 11 is 0. The molecular weight excluding hydrogens is 182 g/mol. The lowest BCUT2D eigenvalue weighted by molar-refractivity contribution is -0.145. The minimum Gasteiger partial charge on any atom is -0.481 e. The minimum absolute atomic E-state index is 0.261. The number of fused-ring (bicyclic) bond motifs is 2. The van der Waals surface area contributed by atoms with Gasteiger partial charge in [-0.25, -0.2) is 0 Å². The van der Waals surface area contributed by atoms with Crippen LogP contribution in [0, 0.1) is 5.92 Å². The van der Waals surface area contributed by atoms with Crippen LogP contribution in [0.1, 0.15) is 19.3 Å². The van der Waals surface area contributed by atoms with Gasteiger partial charge in [0.05, 0.1) is 12.2 Å². The fourth-order valence-corrected chi connectivity index (χ4v) is 2.64. The predicted octanol–water partition coefficient (Wildman–Crippen LogP) is 0.570. The molecule has 80 valence electrons. The van der Waals surface area contributed by atoms with Gasteiger partial charge in [-0.1, -0.05) is 0 Å². The Morgan fingerprint density at radius 2 is 2.00 bits per heavy atom. The van der Waals surface area contributed by atoms with E-state index in [4.69, 9.17) is 9.84 Å². The van der Waals surface area contributed by atoms with Crippen LogP contribution in [0.15, 0.2) is 0 Å². The highest BCUT2D eigenvalue weighted by Gasteiger charge is 2.35. The highest BCUT2D eigenvalue weighted by Crippen LogP contribution is 2.30. The van der Waals surface area contributed by atoms with Crippen LogP contribution in [0.3, 0.4) is 0 Å². The molecule has 2 fully saturated rings. The number of carbonyl (C=O) groups is 1. The second kappa shape index (κ2) is 3.87. The van der Waals surface area contributed by atoms with Crippen LogP contribution >= 0.6 is 0 Å². The summed E-state index contributed by atoms with van der Waals surface area (Å²) in [5.74, 6) is -0.353. The number of carboxylic acids is 1. The SMILES string of the molecule is CN1CC2CC(CC(=O)O)CC(C1)O2. The van der Waals surface area contributed by atoms with E-state index in [1.165, 1.54) is 0 Å². The molecule has 2 aliphatic rings. The molecule has 2 saturated heterocycles. The summed E-state index contributed by atoms with van der Waals surface area (Å²) in [6, 6.07) is 0. The number of ether oxygens (including phenoxy) is 1. The zero-order valence-electron chi connectivity index (χ0n) is 8.48. The Balaban J connectivity index is 1.92. The van der Waals surface area contributed by atoms with Gasteiger partial charge < -0.3 is 14.7 Å². The molecule has 0 aliphatic carbocycles. The van der Waals surface area contributed by atoms with E-state index in [1.54, 1.807) is 0 Å². The Morgan fingerprint density at radius 3 is 2.50 bits per heavy atom. The molecule has 2 rings (SSSR count). The van der Waals surface area contributed by atoms with Crippen molar-refractivity contribution in [3.05, 3.63) is 0 Å². The minimum atomic E-state index is -0.677. The quantitative estimate of drug-likeness (QED) is 0.706. The molecule has 0 amide bonds. The van der Waals surface area contributed by atoms with Crippen molar-refractivity contribution in [1.82, 2.24) is 4.90 Å². The zero-order valence-corrected chi connectivity index (χ0v) is 8.48. The second-order valence-corrected chi connectivity index (χ2v) is 4.54. The fraction of sp³-hybridized carbons (Fsp3) is 0.900. The van der Waals surface area contributed by atoms with Crippen molar-refractivity contribution in [2.75, 3.05) is 20.1 Å². The highest BCUT2D eigenvalue weighted by molar-refractivity contribution is 5.67. The summed E-state index contributed by atoms with van der Waals surface area (Å²) in [5.41, 5.74) is 0. The predicted molar refractivity (Wildman–Crippen MR) is 51.1 cm³/mol. The number of likely N-dealkylation sites (N-methyl/N-ethyl adjacent to an activating group) is 1. The Bertz CT molecular complexity index is 213. The van der Waals surface area contributed by atoms with Gasteiger partial charge >= 0.3 is 5.97 Å². The van der Waals surface area contributed by atoms with E-state index in [0.717, 1.165) is 25.9 Å². The van der Waals surface area contributed by atoms with Gasteiger partial charge in [0.2, 0.25) is 0 Å². The molecule has 0 spiro atoms. The molecule has 0 saturated carbocycles. The van der Waals surface area contributed by atoms with E-state index in [0.29, 0.717) is 12.3 Å². The molecule has 0 aromatic carbocycles.